The summed E-state index contributed by atoms with van der Waals surface area (Å²) in [5.41, 5.74) is 4.64. The van der Waals surface area contributed by atoms with E-state index >= 15 is 0 Å². The zero-order valence-corrected chi connectivity index (χ0v) is 18.9. The monoisotopic (exact) mass is 424 g/mol. The first kappa shape index (κ1) is 22.0. The van der Waals surface area contributed by atoms with E-state index in [-0.39, 0.29) is 11.9 Å². The van der Waals surface area contributed by atoms with Crippen molar-refractivity contribution in [1.82, 2.24) is 10.0 Å². The summed E-state index contributed by atoms with van der Waals surface area (Å²) >= 11 is 0. The summed E-state index contributed by atoms with van der Waals surface area (Å²) in [7, 11) is 0. The van der Waals surface area contributed by atoms with Crippen molar-refractivity contribution >= 4 is 5.91 Å². The number of hydrazine groups is 1. The summed E-state index contributed by atoms with van der Waals surface area (Å²) in [4.78, 5) is 13.5. The van der Waals surface area contributed by atoms with Gasteiger partial charge in [0.1, 0.15) is 0 Å². The molecule has 0 aromatic heterocycles. The molecule has 4 rings (SSSR count). The topological polar surface area (TPSA) is 23.6 Å². The van der Waals surface area contributed by atoms with Crippen LogP contribution in [0.1, 0.15) is 54.1 Å². The molecule has 3 aromatic carbocycles. The van der Waals surface area contributed by atoms with Gasteiger partial charge in [0.25, 0.3) is 5.91 Å². The molecule has 1 heterocycles. The van der Waals surface area contributed by atoms with Crippen LogP contribution in [0.2, 0.25) is 0 Å². The first-order chi connectivity index (χ1) is 15.8. The summed E-state index contributed by atoms with van der Waals surface area (Å²) in [6.07, 6.45) is 7.41. The second-order valence-electron chi connectivity index (χ2n) is 8.45. The van der Waals surface area contributed by atoms with E-state index in [9.17, 15) is 4.79 Å². The maximum atomic E-state index is 13.5. The number of aryl methyl sites for hydroxylation is 1. The third-order valence-electron chi connectivity index (χ3n) is 6.14. The zero-order valence-electron chi connectivity index (χ0n) is 18.9. The van der Waals surface area contributed by atoms with E-state index in [4.69, 9.17) is 0 Å². The van der Waals surface area contributed by atoms with E-state index in [0.29, 0.717) is 6.54 Å². The highest BCUT2D eigenvalue weighted by Gasteiger charge is 2.36. The SMILES string of the molecule is CCCCC1=CN(C(=O)c2ccccc2)N(Cc2ccccc2)[C@@H]1CCc1ccccc1. The number of benzene rings is 3. The lowest BCUT2D eigenvalue weighted by Gasteiger charge is -2.33. The van der Waals surface area contributed by atoms with Crippen LogP contribution in [-0.4, -0.2) is 22.0 Å². The maximum Gasteiger partial charge on any atom is 0.272 e. The van der Waals surface area contributed by atoms with Crippen molar-refractivity contribution in [3.8, 4) is 0 Å². The molecular formula is C29H32N2O. The van der Waals surface area contributed by atoms with Gasteiger partial charge < -0.3 is 0 Å². The van der Waals surface area contributed by atoms with Crippen LogP contribution in [0, 0.1) is 0 Å². The standard InChI is InChI=1S/C29H32N2O/c1-2-3-17-27-23-31(29(32)26-18-11-6-12-19-26)30(22-25-15-9-5-10-16-25)28(27)21-20-24-13-7-4-8-14-24/h4-16,18-19,23,28H,2-3,17,20-22H2,1H3/t28-/m1/s1. The number of carbonyl (C=O) groups is 1. The number of rotatable bonds is 9. The van der Waals surface area contributed by atoms with Gasteiger partial charge in [-0.1, -0.05) is 92.2 Å². The van der Waals surface area contributed by atoms with Gasteiger partial charge in [-0.3, -0.25) is 4.79 Å². The van der Waals surface area contributed by atoms with Gasteiger partial charge in [0, 0.05) is 18.3 Å². The number of nitrogens with zero attached hydrogens (tertiary/aromatic N) is 2. The number of carbonyl (C=O) groups excluding carboxylic acids is 1. The van der Waals surface area contributed by atoms with E-state index in [1.165, 1.54) is 16.7 Å². The maximum absolute atomic E-state index is 13.5. The van der Waals surface area contributed by atoms with Crippen molar-refractivity contribution in [3.05, 3.63) is 119 Å². The van der Waals surface area contributed by atoms with Gasteiger partial charge in [-0.05, 0) is 54.5 Å². The summed E-state index contributed by atoms with van der Waals surface area (Å²) in [5.74, 6) is 0.0396. The van der Waals surface area contributed by atoms with Gasteiger partial charge in [-0.25, -0.2) is 10.0 Å². The second-order valence-corrected chi connectivity index (χ2v) is 8.45. The molecule has 1 atom stereocenters. The molecule has 32 heavy (non-hydrogen) atoms. The summed E-state index contributed by atoms with van der Waals surface area (Å²) in [6, 6.07) is 30.9. The summed E-state index contributed by atoms with van der Waals surface area (Å²) in [6.45, 7) is 2.94. The molecule has 3 nitrogen and oxygen atoms in total. The van der Waals surface area contributed by atoms with Crippen LogP contribution in [0.3, 0.4) is 0 Å². The summed E-state index contributed by atoms with van der Waals surface area (Å²) < 4.78 is 0. The van der Waals surface area contributed by atoms with E-state index in [1.807, 2.05) is 41.4 Å². The Kier molecular flexibility index (Phi) is 7.52. The highest BCUT2D eigenvalue weighted by atomic mass is 16.2. The Balaban J connectivity index is 1.64. The number of amides is 1. The van der Waals surface area contributed by atoms with Crippen LogP contribution in [0.5, 0.6) is 0 Å². The molecule has 0 unspecified atom stereocenters. The van der Waals surface area contributed by atoms with Gasteiger partial charge in [0.05, 0.1) is 6.04 Å². The van der Waals surface area contributed by atoms with E-state index < -0.39 is 0 Å². The van der Waals surface area contributed by atoms with E-state index in [0.717, 1.165) is 37.7 Å². The Morgan fingerprint density at radius 3 is 2.00 bits per heavy atom. The molecular weight excluding hydrogens is 392 g/mol. The second kappa shape index (κ2) is 10.9. The quantitative estimate of drug-likeness (QED) is 0.385. The average Bonchev–Trinajstić information content (AvgIpc) is 3.19. The zero-order chi connectivity index (χ0) is 22.2. The largest absolute Gasteiger partial charge is 0.272 e. The predicted molar refractivity (Wildman–Crippen MR) is 131 cm³/mol. The third-order valence-corrected chi connectivity index (χ3v) is 6.14. The predicted octanol–water partition coefficient (Wildman–Crippen LogP) is 6.64. The van der Waals surface area contributed by atoms with Crippen LogP contribution < -0.4 is 0 Å². The van der Waals surface area contributed by atoms with Gasteiger partial charge in [0.15, 0.2) is 0 Å². The van der Waals surface area contributed by atoms with Crippen LogP contribution in [0.25, 0.3) is 0 Å². The molecule has 0 saturated carbocycles. The Hall–Kier alpha value is -3.17. The molecule has 1 aliphatic rings. The summed E-state index contributed by atoms with van der Waals surface area (Å²) in [5, 5.41) is 4.15. The highest BCUT2D eigenvalue weighted by Crippen LogP contribution is 2.32. The van der Waals surface area contributed by atoms with Crippen LogP contribution in [0.15, 0.2) is 103 Å². The lowest BCUT2D eigenvalue weighted by atomic mass is 9.96. The molecule has 0 fully saturated rings. The Bertz CT molecular complexity index is 1010. The fourth-order valence-corrected chi connectivity index (χ4v) is 4.40. The lowest BCUT2D eigenvalue weighted by molar-refractivity contribution is 0.00720. The third kappa shape index (κ3) is 5.35. The van der Waals surface area contributed by atoms with Crippen LogP contribution >= 0.6 is 0 Å². The molecule has 1 aliphatic heterocycles. The van der Waals surface area contributed by atoms with Crippen molar-refractivity contribution in [3.63, 3.8) is 0 Å². The van der Waals surface area contributed by atoms with E-state index in [2.05, 4.69) is 72.7 Å². The Labute approximate surface area is 192 Å². The molecule has 0 aliphatic carbocycles. The molecule has 3 aromatic rings. The lowest BCUT2D eigenvalue weighted by Crippen LogP contribution is -2.44. The van der Waals surface area contributed by atoms with Crippen LogP contribution in [-0.2, 0) is 13.0 Å². The molecule has 0 spiro atoms. The molecule has 1 amide bonds. The minimum atomic E-state index is 0.0396. The van der Waals surface area contributed by atoms with Gasteiger partial charge >= 0.3 is 0 Å². The number of hydrogen-bond donors (Lipinski definition) is 0. The molecule has 0 N–H and O–H groups in total. The van der Waals surface area contributed by atoms with Crippen molar-refractivity contribution in [2.75, 3.05) is 0 Å². The first-order valence-corrected chi connectivity index (χ1v) is 11.7. The normalized spacial score (nSPS) is 16.2. The molecule has 3 heteroatoms. The number of unbranched alkanes of at least 4 members (excludes halogenated alkanes) is 1. The van der Waals surface area contributed by atoms with Gasteiger partial charge in [0.2, 0.25) is 0 Å². The highest BCUT2D eigenvalue weighted by molar-refractivity contribution is 5.94. The molecule has 164 valence electrons. The number of hydrogen-bond acceptors (Lipinski definition) is 2. The van der Waals surface area contributed by atoms with Crippen molar-refractivity contribution in [2.45, 2.75) is 51.6 Å². The molecule has 0 radical (unpaired) electrons. The van der Waals surface area contributed by atoms with Gasteiger partial charge in [-0.2, -0.15) is 0 Å². The van der Waals surface area contributed by atoms with Crippen molar-refractivity contribution in [2.24, 2.45) is 0 Å². The Morgan fingerprint density at radius 2 is 1.38 bits per heavy atom. The minimum Gasteiger partial charge on any atom is -0.267 e. The van der Waals surface area contributed by atoms with E-state index in [1.54, 1.807) is 0 Å². The molecule has 0 saturated heterocycles. The fourth-order valence-electron chi connectivity index (χ4n) is 4.40. The smallest absolute Gasteiger partial charge is 0.267 e. The van der Waals surface area contributed by atoms with Crippen LogP contribution in [0.4, 0.5) is 0 Å². The van der Waals surface area contributed by atoms with Crippen molar-refractivity contribution in [1.29, 1.82) is 0 Å². The first-order valence-electron chi connectivity index (χ1n) is 11.7. The fraction of sp³-hybridized carbons (Fsp3) is 0.276. The Morgan fingerprint density at radius 1 is 0.781 bits per heavy atom. The minimum absolute atomic E-state index is 0.0396. The molecule has 0 bridgehead atoms. The van der Waals surface area contributed by atoms with Gasteiger partial charge in [-0.15, -0.1) is 0 Å². The average molecular weight is 425 g/mol. The van der Waals surface area contributed by atoms with Crippen molar-refractivity contribution < 1.29 is 4.79 Å².